The minimum atomic E-state index is -5.60. The summed E-state index contributed by atoms with van der Waals surface area (Å²) in [7, 11) is 0. The Hall–Kier alpha value is -2.39. The zero-order valence-electron chi connectivity index (χ0n) is 19.3. The second-order valence-corrected chi connectivity index (χ2v) is 9.35. The minimum absolute atomic E-state index is 0.0317. The van der Waals surface area contributed by atoms with Crippen molar-refractivity contribution in [2.75, 3.05) is 39.4 Å². The second kappa shape index (κ2) is 9.82. The summed E-state index contributed by atoms with van der Waals surface area (Å²) in [5, 5.41) is 16.0. The lowest BCUT2D eigenvalue weighted by Crippen LogP contribution is -2.53. The predicted molar refractivity (Wildman–Crippen MR) is 111 cm³/mol. The molecule has 15 heteroatoms. The summed E-state index contributed by atoms with van der Waals surface area (Å²) in [5.74, 6) is -7.68. The van der Waals surface area contributed by atoms with E-state index in [0.717, 1.165) is 0 Å². The van der Waals surface area contributed by atoms with Crippen molar-refractivity contribution in [3.8, 4) is 0 Å². The highest BCUT2D eigenvalue weighted by Crippen LogP contribution is 2.48. The first-order chi connectivity index (χ1) is 16.8. The smallest absolute Gasteiger partial charge is 0.402 e. The summed E-state index contributed by atoms with van der Waals surface area (Å²) >= 11 is 0. The lowest BCUT2D eigenvalue weighted by atomic mass is 9.84. The van der Waals surface area contributed by atoms with Crippen LogP contribution in [0.3, 0.4) is 0 Å². The number of aryl methyl sites for hydroxylation is 1. The molecule has 4 atom stereocenters. The summed E-state index contributed by atoms with van der Waals surface area (Å²) in [5.41, 5.74) is 0.636. The van der Waals surface area contributed by atoms with Crippen LogP contribution in [0.15, 0.2) is 6.20 Å². The van der Waals surface area contributed by atoms with Crippen LogP contribution in [0.1, 0.15) is 23.0 Å². The van der Waals surface area contributed by atoms with Gasteiger partial charge in [0, 0.05) is 63.0 Å². The molecular formula is C21H27F6N5O4. The summed E-state index contributed by atoms with van der Waals surface area (Å²) < 4.78 is 87.6. The highest BCUT2D eigenvalue weighted by Gasteiger charge is 2.66. The molecule has 1 amide bonds. The average Bonchev–Trinajstić information content (AvgIpc) is 3.46. The van der Waals surface area contributed by atoms with Crippen molar-refractivity contribution in [2.45, 2.75) is 44.4 Å². The number of ether oxygens (including phenoxy) is 1. The van der Waals surface area contributed by atoms with Crippen molar-refractivity contribution in [3.63, 3.8) is 0 Å². The third kappa shape index (κ3) is 5.18. The van der Waals surface area contributed by atoms with Crippen molar-refractivity contribution in [1.82, 2.24) is 24.9 Å². The predicted octanol–water partition coefficient (Wildman–Crippen LogP) is 1.59. The quantitative estimate of drug-likeness (QED) is 0.542. The molecule has 4 heterocycles. The van der Waals surface area contributed by atoms with E-state index in [9.17, 15) is 41.0 Å². The van der Waals surface area contributed by atoms with Gasteiger partial charge in [-0.3, -0.25) is 19.2 Å². The van der Waals surface area contributed by atoms with Crippen LogP contribution >= 0.6 is 0 Å². The summed E-state index contributed by atoms with van der Waals surface area (Å²) in [6.45, 7) is 3.56. The topological polar surface area (TPSA) is 99.9 Å². The Bertz CT molecular complexity index is 963. The maximum Gasteiger partial charge on any atom is 0.402 e. The van der Waals surface area contributed by atoms with Gasteiger partial charge >= 0.3 is 18.3 Å². The number of carboxylic acids is 1. The molecule has 0 saturated carbocycles. The molecule has 2 N–H and O–H groups in total. The Morgan fingerprint density at radius 2 is 1.75 bits per heavy atom. The Balaban J connectivity index is 1.58. The van der Waals surface area contributed by atoms with Gasteiger partial charge < -0.3 is 20.1 Å². The number of hydrogen-bond donors (Lipinski definition) is 2. The molecule has 0 aromatic carbocycles. The zero-order valence-corrected chi connectivity index (χ0v) is 19.3. The lowest BCUT2D eigenvalue weighted by Gasteiger charge is -2.32. The second-order valence-electron chi connectivity index (χ2n) is 9.35. The summed E-state index contributed by atoms with van der Waals surface area (Å²) in [4.78, 5) is 28.0. The summed E-state index contributed by atoms with van der Waals surface area (Å²) in [6, 6.07) is -3.68. The van der Waals surface area contributed by atoms with Gasteiger partial charge in [0.25, 0.3) is 5.91 Å². The number of carbonyl (C=O) groups is 2. The van der Waals surface area contributed by atoms with Crippen molar-refractivity contribution in [1.29, 1.82) is 0 Å². The monoisotopic (exact) mass is 527 g/mol. The molecule has 3 fully saturated rings. The van der Waals surface area contributed by atoms with E-state index in [1.54, 1.807) is 16.0 Å². The van der Waals surface area contributed by atoms with Gasteiger partial charge in [0.05, 0.1) is 13.2 Å². The molecule has 1 aromatic rings. The molecule has 3 aliphatic rings. The van der Waals surface area contributed by atoms with E-state index in [0.29, 0.717) is 38.4 Å². The highest BCUT2D eigenvalue weighted by molar-refractivity contribution is 5.93. The zero-order chi connectivity index (χ0) is 26.4. The van der Waals surface area contributed by atoms with Crippen LogP contribution in [-0.2, 0) is 22.6 Å². The SMILES string of the molecule is CCn1cc(CN2CC3C(C(=O)O)NC(C(C(F)(F)F)C(F)(F)F)C3C2)c(C(=O)N2CCOCC2)n1. The number of fused-ring (bicyclic) bond motifs is 1. The molecule has 1 aromatic heterocycles. The minimum Gasteiger partial charge on any atom is -0.480 e. The van der Waals surface area contributed by atoms with Crippen LogP contribution in [0.5, 0.6) is 0 Å². The van der Waals surface area contributed by atoms with Crippen LogP contribution in [0, 0.1) is 17.8 Å². The number of nitrogens with one attached hydrogen (secondary N) is 1. The van der Waals surface area contributed by atoms with Crippen molar-refractivity contribution >= 4 is 11.9 Å². The van der Waals surface area contributed by atoms with Gasteiger partial charge in [0.2, 0.25) is 0 Å². The Kier molecular flexibility index (Phi) is 7.27. The fraction of sp³-hybridized carbons (Fsp3) is 0.762. The number of alkyl halides is 6. The molecule has 0 spiro atoms. The highest BCUT2D eigenvalue weighted by atomic mass is 19.4. The third-order valence-electron chi connectivity index (χ3n) is 7.14. The number of nitrogens with zero attached hydrogens (tertiary/aromatic N) is 4. The number of aromatic nitrogens is 2. The van der Waals surface area contributed by atoms with Crippen molar-refractivity contribution in [2.24, 2.45) is 17.8 Å². The molecule has 202 valence electrons. The number of carboxylic acid groups (broad SMARTS) is 1. The Morgan fingerprint density at radius 1 is 1.14 bits per heavy atom. The molecule has 0 aliphatic carbocycles. The normalized spacial score (nSPS) is 27.6. The molecular weight excluding hydrogens is 500 g/mol. The Morgan fingerprint density at radius 3 is 2.31 bits per heavy atom. The molecule has 4 unspecified atom stereocenters. The maximum atomic E-state index is 13.5. The average molecular weight is 527 g/mol. The van der Waals surface area contributed by atoms with E-state index >= 15 is 0 Å². The fourth-order valence-electron chi connectivity index (χ4n) is 5.53. The number of rotatable bonds is 6. The third-order valence-corrected chi connectivity index (χ3v) is 7.14. The van der Waals surface area contributed by atoms with Crippen LogP contribution < -0.4 is 5.32 Å². The number of amides is 1. The number of halogens is 6. The van der Waals surface area contributed by atoms with Crippen molar-refractivity contribution in [3.05, 3.63) is 17.5 Å². The standard InChI is InChI=1S/C21H27F6N5O4/c1-2-32-8-11(14(29-32)18(33)31-3-5-36-6-4-31)7-30-9-12-13(10-30)16(19(34)35)28-15(12)17(20(22,23)24)21(25,26)27/h8,12-13,15-17,28H,2-7,9-10H2,1H3,(H,34,35). The van der Waals surface area contributed by atoms with Crippen LogP contribution in [0.2, 0.25) is 0 Å². The van der Waals surface area contributed by atoms with Gasteiger partial charge in [0.1, 0.15) is 6.04 Å². The van der Waals surface area contributed by atoms with E-state index in [1.807, 2.05) is 6.92 Å². The first kappa shape index (κ1) is 26.7. The number of hydrogen-bond acceptors (Lipinski definition) is 6. The Labute approximate surface area is 202 Å². The first-order valence-electron chi connectivity index (χ1n) is 11.6. The largest absolute Gasteiger partial charge is 0.480 e. The lowest BCUT2D eigenvalue weighted by molar-refractivity contribution is -0.293. The number of morpholine rings is 1. The van der Waals surface area contributed by atoms with E-state index < -0.39 is 48.2 Å². The number of carbonyl (C=O) groups excluding carboxylic acids is 1. The molecule has 36 heavy (non-hydrogen) atoms. The van der Waals surface area contributed by atoms with Gasteiger partial charge in [-0.15, -0.1) is 0 Å². The van der Waals surface area contributed by atoms with Crippen molar-refractivity contribution < 1.29 is 45.8 Å². The van der Waals surface area contributed by atoms with E-state index in [2.05, 4.69) is 10.4 Å². The van der Waals surface area contributed by atoms with E-state index in [-0.39, 0.29) is 31.2 Å². The fourth-order valence-corrected chi connectivity index (χ4v) is 5.53. The molecule has 3 saturated heterocycles. The van der Waals surface area contributed by atoms with E-state index in [4.69, 9.17) is 4.74 Å². The first-order valence-corrected chi connectivity index (χ1v) is 11.6. The number of likely N-dealkylation sites (tertiary alicyclic amines) is 1. The molecule has 0 bridgehead atoms. The summed E-state index contributed by atoms with van der Waals surface area (Å²) in [6.07, 6.45) is -9.57. The molecule has 3 aliphatic heterocycles. The van der Waals surface area contributed by atoms with Gasteiger partial charge in [-0.05, 0) is 12.8 Å². The van der Waals surface area contributed by atoms with Crippen LogP contribution in [0.25, 0.3) is 0 Å². The maximum absolute atomic E-state index is 13.5. The molecule has 0 radical (unpaired) electrons. The van der Waals surface area contributed by atoms with Gasteiger partial charge in [0.15, 0.2) is 11.6 Å². The van der Waals surface area contributed by atoms with E-state index in [1.165, 1.54) is 4.68 Å². The van der Waals surface area contributed by atoms with Gasteiger partial charge in [-0.25, -0.2) is 0 Å². The van der Waals surface area contributed by atoms with Crippen LogP contribution in [0.4, 0.5) is 26.3 Å². The number of aliphatic carboxylic acids is 1. The van der Waals surface area contributed by atoms with Gasteiger partial charge in [-0.2, -0.15) is 31.4 Å². The van der Waals surface area contributed by atoms with Crippen LogP contribution in [-0.4, -0.2) is 100 Å². The molecule has 4 rings (SSSR count). The van der Waals surface area contributed by atoms with Gasteiger partial charge in [-0.1, -0.05) is 0 Å². The molecule has 9 nitrogen and oxygen atoms in total.